The zero-order chi connectivity index (χ0) is 64.7. The van der Waals surface area contributed by atoms with Crippen LogP contribution in [0.5, 0.6) is 0 Å². The molecule has 0 aliphatic rings. The van der Waals surface area contributed by atoms with E-state index in [2.05, 4.69) is 26.0 Å². The van der Waals surface area contributed by atoms with Crippen molar-refractivity contribution in [1.29, 1.82) is 0 Å². The molecule has 0 aliphatic heterocycles. The predicted molar refractivity (Wildman–Crippen MR) is 337 cm³/mol. The van der Waals surface area contributed by atoms with Gasteiger partial charge in [0.2, 0.25) is 0 Å². The van der Waals surface area contributed by atoms with Crippen LogP contribution in [0.4, 0.5) is 0 Å². The summed E-state index contributed by atoms with van der Waals surface area (Å²) in [5, 5.41) is 56.6. The fourth-order valence-electron chi connectivity index (χ4n) is 10.2. The van der Waals surface area contributed by atoms with Crippen molar-refractivity contribution in [1.82, 2.24) is 0 Å². The van der Waals surface area contributed by atoms with Crippen LogP contribution >= 0.6 is 0 Å². The molecule has 0 radical (unpaired) electrons. The quantitative estimate of drug-likeness (QED) is 0.0108. The average molecular weight is 1230 g/mol. The van der Waals surface area contributed by atoms with Crippen LogP contribution in [0.2, 0.25) is 0 Å². The first-order chi connectivity index (χ1) is 41.9. The van der Waals surface area contributed by atoms with Crippen LogP contribution in [0.3, 0.4) is 0 Å². The summed E-state index contributed by atoms with van der Waals surface area (Å²) in [5.41, 5.74) is 0. The van der Waals surface area contributed by atoms with Gasteiger partial charge in [0.15, 0.2) is 6.10 Å². The number of unbranched alkanes of at least 4 members (excludes halogenated alkanes) is 21. The zero-order valence-corrected chi connectivity index (χ0v) is 52.9. The summed E-state index contributed by atoms with van der Waals surface area (Å²) in [6.45, 7) is 5.51. The molecule has 0 fully saturated rings. The minimum atomic E-state index is -1.14. The number of hydrogen-bond donors (Lipinski definition) is 6. The van der Waals surface area contributed by atoms with Crippen LogP contribution in [-0.4, -0.2) is 104 Å². The lowest BCUT2D eigenvalue weighted by atomic mass is 9.84. The highest BCUT2D eigenvalue weighted by molar-refractivity contribution is 5.79. The Kier molecular flexibility index (Phi) is 51.0. The van der Waals surface area contributed by atoms with Gasteiger partial charge < -0.3 is 44.8 Å². The van der Waals surface area contributed by atoms with E-state index in [1.54, 1.807) is 12.2 Å². The fourth-order valence-corrected chi connectivity index (χ4v) is 10.2. The third-order valence-electron chi connectivity index (χ3n) is 15.4. The highest BCUT2D eigenvalue weighted by atomic mass is 16.6. The Hall–Kier alpha value is -6.33. The Morgan fingerprint density at radius 3 is 1.20 bits per heavy atom. The van der Waals surface area contributed by atoms with Crippen molar-refractivity contribution in [2.45, 2.75) is 258 Å². The number of carbonyl (C=O) groups excluding carboxylic acids is 3. The number of carboxylic acid groups (broad SMARTS) is 6. The molecule has 0 saturated heterocycles. The summed E-state index contributed by atoms with van der Waals surface area (Å²) in [7, 11) is 0. The van der Waals surface area contributed by atoms with E-state index in [9.17, 15) is 68.7 Å². The number of hydrogen-bond acceptors (Lipinski definition) is 12. The van der Waals surface area contributed by atoms with Crippen molar-refractivity contribution >= 4 is 53.7 Å². The predicted octanol–water partition coefficient (Wildman–Crippen LogP) is 15.6. The molecule has 18 nitrogen and oxygen atoms in total. The molecule has 0 bridgehead atoms. The fraction of sp³-hybridized carbons (Fsp3) is 0.696. The molecule has 494 valence electrons. The van der Waals surface area contributed by atoms with Gasteiger partial charge in [0, 0.05) is 19.3 Å². The molecular weight excluding hydrogens is 1120 g/mol. The maximum absolute atomic E-state index is 13.0. The van der Waals surface area contributed by atoms with Crippen molar-refractivity contribution < 1.29 is 88.0 Å². The first kappa shape index (κ1) is 80.7. The van der Waals surface area contributed by atoms with Crippen LogP contribution in [0.15, 0.2) is 72.9 Å². The van der Waals surface area contributed by atoms with E-state index in [1.807, 2.05) is 55.5 Å². The standard InChI is InChI=1S/C69H110O18/c1-4-7-9-10-26-35-44-56(60(69(83)84)51-63(74)75)45-37-29-24-25-32-40-48-66(78)87-57(52-85-64(76)46-38-30-22-18-14-12-11-13-16-20-27-34-41-54(6-3)58(67(79)80)49-61(70)71)53-86-65(77)47-39-31-23-19-15-17-21-28-36-43-55(42-33-8-5-2)59(68(81)82)50-62(72)73/h11,13,20-21,27-28,34,36-37,41,43,45,54-60H,4-10,12,14-19,22-26,29-33,35,38-40,42,44,46-53H2,1-3H3,(H,70,71)(H,72,73)(H,74,75)(H,79,80)(H,81,82)(H,83,84)/b13-11-,27-20-,28-21-,41-34+,43-36+,45-37+. The van der Waals surface area contributed by atoms with Crippen molar-refractivity contribution in [3.8, 4) is 0 Å². The molecule has 87 heavy (non-hydrogen) atoms. The third-order valence-corrected chi connectivity index (χ3v) is 15.4. The molecule has 7 atom stereocenters. The van der Waals surface area contributed by atoms with Gasteiger partial charge in [0.1, 0.15) is 13.2 Å². The number of carboxylic acids is 6. The van der Waals surface area contributed by atoms with E-state index < -0.39 is 96.8 Å². The van der Waals surface area contributed by atoms with Gasteiger partial charge in [0.25, 0.3) is 0 Å². The average Bonchev–Trinajstić information content (AvgIpc) is 3.52. The van der Waals surface area contributed by atoms with E-state index >= 15 is 0 Å². The number of aliphatic carboxylic acids is 6. The van der Waals surface area contributed by atoms with E-state index in [0.717, 1.165) is 141 Å². The van der Waals surface area contributed by atoms with E-state index in [0.29, 0.717) is 51.4 Å². The number of carbonyl (C=O) groups is 9. The second-order valence-electron chi connectivity index (χ2n) is 22.9. The van der Waals surface area contributed by atoms with Gasteiger partial charge in [-0.1, -0.05) is 203 Å². The first-order valence-corrected chi connectivity index (χ1v) is 32.7. The Morgan fingerprint density at radius 2 is 0.724 bits per heavy atom. The molecule has 0 aromatic heterocycles. The number of ether oxygens (including phenoxy) is 3. The van der Waals surface area contributed by atoms with Gasteiger partial charge in [-0.25, -0.2) is 0 Å². The minimum Gasteiger partial charge on any atom is -0.481 e. The molecule has 18 heteroatoms. The second kappa shape index (κ2) is 55.0. The first-order valence-electron chi connectivity index (χ1n) is 32.7. The molecule has 0 saturated carbocycles. The Morgan fingerprint density at radius 1 is 0.356 bits per heavy atom. The summed E-state index contributed by atoms with van der Waals surface area (Å²) in [6, 6.07) is 0. The van der Waals surface area contributed by atoms with Crippen LogP contribution in [-0.2, 0) is 57.4 Å². The molecule has 6 N–H and O–H groups in total. The van der Waals surface area contributed by atoms with Crippen molar-refractivity contribution in [2.24, 2.45) is 35.5 Å². The lowest BCUT2D eigenvalue weighted by molar-refractivity contribution is -0.167. The van der Waals surface area contributed by atoms with Crippen molar-refractivity contribution in [3.63, 3.8) is 0 Å². The zero-order valence-electron chi connectivity index (χ0n) is 52.9. The SMILES string of the molecule is CCCCCCCCC(/C=C/CCCCCCC(=O)OC(COC(=O)CCCCCCC/C=C\C=C\C(CCCCC)C(CC(=O)O)C(=O)O)COC(=O)CCCCCCC/C=C\C/C=C\C=C\C(CC)C(CC(=O)O)C(=O)O)C(CC(=O)O)C(=O)O. The molecule has 0 rings (SSSR count). The van der Waals surface area contributed by atoms with Gasteiger partial charge >= 0.3 is 53.7 Å². The topological polar surface area (TPSA) is 303 Å². The molecule has 0 amide bonds. The van der Waals surface area contributed by atoms with Gasteiger partial charge in [0.05, 0.1) is 37.0 Å². The maximum Gasteiger partial charge on any atom is 0.307 e. The van der Waals surface area contributed by atoms with Crippen molar-refractivity contribution in [2.75, 3.05) is 13.2 Å². The largest absolute Gasteiger partial charge is 0.481 e. The van der Waals surface area contributed by atoms with E-state index in [-0.39, 0.29) is 50.2 Å². The van der Waals surface area contributed by atoms with Crippen molar-refractivity contribution in [3.05, 3.63) is 72.9 Å². The van der Waals surface area contributed by atoms with E-state index in [1.165, 1.54) is 0 Å². The summed E-state index contributed by atoms with van der Waals surface area (Å²) in [6.07, 6.45) is 46.3. The number of rotatable bonds is 59. The molecule has 0 aromatic rings. The Balaban J connectivity index is 5.17. The normalized spacial score (nSPS) is 14.4. The Bertz CT molecular complexity index is 2100. The molecule has 0 aromatic carbocycles. The van der Waals surface area contributed by atoms with Gasteiger partial charge in [-0.05, 0) is 101 Å². The van der Waals surface area contributed by atoms with Crippen LogP contribution in [0, 0.1) is 35.5 Å². The Labute approximate surface area is 519 Å². The van der Waals surface area contributed by atoms with Gasteiger partial charge in [-0.2, -0.15) is 0 Å². The highest BCUT2D eigenvalue weighted by Gasteiger charge is 2.30. The van der Waals surface area contributed by atoms with Crippen LogP contribution in [0.25, 0.3) is 0 Å². The van der Waals surface area contributed by atoms with Gasteiger partial charge in [-0.3, -0.25) is 43.2 Å². The van der Waals surface area contributed by atoms with Crippen LogP contribution in [0.1, 0.15) is 252 Å². The molecule has 0 heterocycles. The number of allylic oxidation sites excluding steroid dienone is 12. The smallest absolute Gasteiger partial charge is 0.307 e. The lowest BCUT2D eigenvalue weighted by Crippen LogP contribution is -2.30. The molecular formula is C69H110O18. The summed E-state index contributed by atoms with van der Waals surface area (Å²) >= 11 is 0. The monoisotopic (exact) mass is 1230 g/mol. The number of esters is 3. The molecule has 0 aliphatic carbocycles. The third kappa shape index (κ3) is 47.4. The second-order valence-corrected chi connectivity index (χ2v) is 22.9. The molecule has 0 spiro atoms. The summed E-state index contributed by atoms with van der Waals surface area (Å²) < 4.78 is 16.7. The summed E-state index contributed by atoms with van der Waals surface area (Å²) in [4.78, 5) is 108. The van der Waals surface area contributed by atoms with Gasteiger partial charge in [-0.15, -0.1) is 0 Å². The molecule has 7 unspecified atom stereocenters. The minimum absolute atomic E-state index is 0.110. The van der Waals surface area contributed by atoms with Crippen LogP contribution < -0.4 is 0 Å². The summed E-state index contributed by atoms with van der Waals surface area (Å²) in [5.74, 6) is -12.2. The maximum atomic E-state index is 13.0. The highest BCUT2D eigenvalue weighted by Crippen LogP contribution is 2.27. The van der Waals surface area contributed by atoms with E-state index in [4.69, 9.17) is 19.3 Å². The lowest BCUT2D eigenvalue weighted by Gasteiger charge is -2.20.